The number of hydrogen-bond acceptors (Lipinski definition) is 7. The van der Waals surface area contributed by atoms with Crippen LogP contribution in [0.4, 0.5) is 0 Å². The summed E-state index contributed by atoms with van der Waals surface area (Å²) in [6.07, 6.45) is 0. The van der Waals surface area contributed by atoms with Crippen LogP contribution in [0, 0.1) is 0 Å². The van der Waals surface area contributed by atoms with E-state index in [1.165, 1.54) is 24.3 Å². The lowest BCUT2D eigenvalue weighted by molar-refractivity contribution is 0.103. The number of hydrogen-bond donors (Lipinski definition) is 6. The summed E-state index contributed by atoms with van der Waals surface area (Å²) in [5, 5.41) is 59.8. The Bertz CT molecular complexity index is 1010. The number of para-hydroxylation sites is 1. The summed E-state index contributed by atoms with van der Waals surface area (Å²) in [5.41, 5.74) is -0.850. The summed E-state index contributed by atoms with van der Waals surface area (Å²) in [7, 11) is 0. The second-order valence-electron chi connectivity index (χ2n) is 5.51. The highest BCUT2D eigenvalue weighted by Crippen LogP contribution is 2.52. The van der Waals surface area contributed by atoms with E-state index in [0.717, 1.165) is 6.07 Å². The van der Waals surface area contributed by atoms with Gasteiger partial charge in [0.25, 0.3) is 0 Å². The van der Waals surface area contributed by atoms with Crippen molar-refractivity contribution in [2.24, 2.45) is 0 Å². The van der Waals surface area contributed by atoms with Crippen LogP contribution in [0.1, 0.15) is 15.9 Å². The van der Waals surface area contributed by atoms with Gasteiger partial charge in [-0.2, -0.15) is 0 Å². The molecule has 3 rings (SSSR count). The van der Waals surface area contributed by atoms with Crippen molar-refractivity contribution in [1.29, 1.82) is 0 Å². The number of carbonyl (C=O) groups excluding carboxylic acids is 1. The minimum absolute atomic E-state index is 0.230. The van der Waals surface area contributed by atoms with E-state index < -0.39 is 45.8 Å². The average molecular weight is 354 g/mol. The van der Waals surface area contributed by atoms with Crippen LogP contribution in [0.3, 0.4) is 0 Å². The summed E-state index contributed by atoms with van der Waals surface area (Å²) in [6, 6.07) is 11.6. The first-order valence-electron chi connectivity index (χ1n) is 7.45. The van der Waals surface area contributed by atoms with Crippen LogP contribution in [0.2, 0.25) is 0 Å². The van der Waals surface area contributed by atoms with Gasteiger partial charge in [-0.3, -0.25) is 4.79 Å². The summed E-state index contributed by atoms with van der Waals surface area (Å²) in [5.74, 6) is -6.09. The molecule has 0 bridgehead atoms. The second-order valence-corrected chi connectivity index (χ2v) is 5.51. The van der Waals surface area contributed by atoms with E-state index in [4.69, 9.17) is 0 Å². The van der Waals surface area contributed by atoms with E-state index in [1.54, 1.807) is 18.2 Å². The standard InChI is InChI=1S/C19H14O7/c20-11-8-4-7-10(14(11)21)15(22)13-12(9-5-2-1-3-6-9)16(23)18(25)19(26)17(13)24/h1-8,20-21,23-26H. The molecule has 6 N–H and O–H groups in total. The highest BCUT2D eigenvalue weighted by molar-refractivity contribution is 6.17. The first-order chi connectivity index (χ1) is 12.3. The molecule has 0 spiro atoms. The molecule has 0 radical (unpaired) electrons. The Morgan fingerprint density at radius 2 is 1.23 bits per heavy atom. The molecule has 26 heavy (non-hydrogen) atoms. The lowest BCUT2D eigenvalue weighted by Gasteiger charge is -2.16. The molecule has 132 valence electrons. The Balaban J connectivity index is 2.37. The Morgan fingerprint density at radius 3 is 1.88 bits per heavy atom. The second kappa shape index (κ2) is 6.21. The minimum atomic E-state index is -1.08. The molecule has 3 aromatic rings. The third-order valence-corrected chi connectivity index (χ3v) is 3.95. The summed E-state index contributed by atoms with van der Waals surface area (Å²) < 4.78 is 0. The summed E-state index contributed by atoms with van der Waals surface area (Å²) in [6.45, 7) is 0. The number of carbonyl (C=O) groups is 1. The highest BCUT2D eigenvalue weighted by Gasteiger charge is 2.30. The lowest BCUT2D eigenvalue weighted by Crippen LogP contribution is -2.05. The molecule has 0 saturated heterocycles. The molecular formula is C19H14O7. The monoisotopic (exact) mass is 354 g/mol. The van der Waals surface area contributed by atoms with Gasteiger partial charge < -0.3 is 30.6 Å². The fraction of sp³-hybridized carbons (Fsp3) is 0. The van der Waals surface area contributed by atoms with Gasteiger partial charge in [0.2, 0.25) is 17.3 Å². The van der Waals surface area contributed by atoms with Crippen molar-refractivity contribution >= 4 is 5.78 Å². The number of aromatic hydroxyl groups is 6. The first-order valence-corrected chi connectivity index (χ1v) is 7.45. The minimum Gasteiger partial charge on any atom is -0.504 e. The van der Waals surface area contributed by atoms with Crippen LogP contribution < -0.4 is 0 Å². The van der Waals surface area contributed by atoms with E-state index in [0.29, 0.717) is 0 Å². The number of phenols is 6. The van der Waals surface area contributed by atoms with E-state index in [9.17, 15) is 35.4 Å². The molecule has 0 aliphatic heterocycles. The normalized spacial score (nSPS) is 10.6. The fourth-order valence-electron chi connectivity index (χ4n) is 2.65. The van der Waals surface area contributed by atoms with E-state index in [1.807, 2.05) is 0 Å². The maximum atomic E-state index is 12.9. The van der Waals surface area contributed by atoms with Gasteiger partial charge in [0, 0.05) is 5.56 Å². The predicted octanol–water partition coefficient (Wildman–Crippen LogP) is 2.82. The van der Waals surface area contributed by atoms with Crippen molar-refractivity contribution in [3.63, 3.8) is 0 Å². The van der Waals surface area contributed by atoms with Crippen molar-refractivity contribution < 1.29 is 35.4 Å². The van der Waals surface area contributed by atoms with Gasteiger partial charge in [-0.05, 0) is 17.7 Å². The predicted molar refractivity (Wildman–Crippen MR) is 91.7 cm³/mol. The van der Waals surface area contributed by atoms with Crippen molar-refractivity contribution in [1.82, 2.24) is 0 Å². The van der Waals surface area contributed by atoms with Crippen LogP contribution >= 0.6 is 0 Å². The van der Waals surface area contributed by atoms with Crippen molar-refractivity contribution in [2.45, 2.75) is 0 Å². The zero-order valence-corrected chi connectivity index (χ0v) is 13.2. The van der Waals surface area contributed by atoms with Crippen molar-refractivity contribution in [2.75, 3.05) is 0 Å². The van der Waals surface area contributed by atoms with Crippen molar-refractivity contribution in [3.05, 3.63) is 59.7 Å². The van der Waals surface area contributed by atoms with Gasteiger partial charge in [0.15, 0.2) is 23.0 Å². The van der Waals surface area contributed by atoms with Crippen molar-refractivity contribution in [3.8, 4) is 45.6 Å². The van der Waals surface area contributed by atoms with Crippen LogP contribution in [-0.2, 0) is 0 Å². The number of ketones is 1. The van der Waals surface area contributed by atoms with E-state index in [2.05, 4.69) is 0 Å². The van der Waals surface area contributed by atoms with Gasteiger partial charge in [-0.15, -0.1) is 0 Å². The zero-order valence-electron chi connectivity index (χ0n) is 13.2. The third-order valence-electron chi connectivity index (χ3n) is 3.95. The molecule has 0 amide bonds. The highest BCUT2D eigenvalue weighted by atomic mass is 16.3. The molecule has 0 unspecified atom stereocenters. The lowest BCUT2D eigenvalue weighted by atomic mass is 9.91. The smallest absolute Gasteiger partial charge is 0.205 e. The molecule has 0 heterocycles. The average Bonchev–Trinajstić information content (AvgIpc) is 2.65. The van der Waals surface area contributed by atoms with Gasteiger partial charge in [-0.25, -0.2) is 0 Å². The Hall–Kier alpha value is -3.87. The van der Waals surface area contributed by atoms with Gasteiger partial charge in [-0.1, -0.05) is 36.4 Å². The van der Waals surface area contributed by atoms with E-state index in [-0.39, 0.29) is 16.7 Å². The zero-order chi connectivity index (χ0) is 19.0. The third kappa shape index (κ3) is 2.51. The van der Waals surface area contributed by atoms with E-state index >= 15 is 0 Å². The topological polar surface area (TPSA) is 138 Å². The van der Waals surface area contributed by atoms with Crippen LogP contribution in [0.15, 0.2) is 48.5 Å². The molecule has 3 aromatic carbocycles. The SMILES string of the molecule is O=C(c1cccc(O)c1O)c1c(O)c(O)c(O)c(O)c1-c1ccccc1. The number of phenolic OH excluding ortho intramolecular Hbond substituents is 6. The number of benzene rings is 3. The Labute approximate surface area is 147 Å². The largest absolute Gasteiger partial charge is 0.504 e. The Morgan fingerprint density at radius 1 is 0.615 bits per heavy atom. The van der Waals surface area contributed by atoms with Gasteiger partial charge in [0.1, 0.15) is 0 Å². The fourth-order valence-corrected chi connectivity index (χ4v) is 2.65. The maximum Gasteiger partial charge on any atom is 0.205 e. The van der Waals surface area contributed by atoms with Gasteiger partial charge >= 0.3 is 0 Å². The first kappa shape index (κ1) is 17.0. The summed E-state index contributed by atoms with van der Waals surface area (Å²) >= 11 is 0. The molecule has 0 aliphatic rings. The molecule has 0 fully saturated rings. The molecule has 7 heteroatoms. The van der Waals surface area contributed by atoms with Gasteiger partial charge in [0.05, 0.1) is 11.1 Å². The van der Waals surface area contributed by atoms with Crippen LogP contribution in [0.25, 0.3) is 11.1 Å². The molecule has 0 atom stereocenters. The molecular weight excluding hydrogens is 340 g/mol. The summed E-state index contributed by atoms with van der Waals surface area (Å²) in [4.78, 5) is 12.9. The molecule has 0 aliphatic carbocycles. The quantitative estimate of drug-likeness (QED) is 0.241. The number of rotatable bonds is 3. The maximum absolute atomic E-state index is 12.9. The molecule has 0 saturated carbocycles. The van der Waals surface area contributed by atoms with Crippen LogP contribution in [0.5, 0.6) is 34.5 Å². The molecule has 7 nitrogen and oxygen atoms in total. The Kier molecular flexibility index (Phi) is 4.05. The van der Waals surface area contributed by atoms with Crippen LogP contribution in [-0.4, -0.2) is 36.4 Å². The molecule has 0 aromatic heterocycles.